The van der Waals surface area contributed by atoms with Crippen LogP contribution in [0.5, 0.6) is 0 Å². The van der Waals surface area contributed by atoms with Gasteiger partial charge in [-0.3, -0.25) is 14.3 Å². The third-order valence-electron chi connectivity index (χ3n) is 5.70. The number of thiazole rings is 1. The zero-order valence-corrected chi connectivity index (χ0v) is 18.6. The van der Waals surface area contributed by atoms with Gasteiger partial charge < -0.3 is 4.90 Å². The maximum atomic E-state index is 13.2. The molecular formula is C22H22N4O4S2. The molecule has 0 aliphatic carbocycles. The van der Waals surface area contributed by atoms with Gasteiger partial charge in [-0.15, -0.1) is 11.3 Å². The standard InChI is InChI=1S/C22H20N4O4S2.H2/c27-20-14-19(25-12-3-5-15-4-1-2-6-18(15)25)21(28)26(20)16-7-9-17(10-8-16)32(29,30)24-22-23-11-13-31-22;/h1-2,4,6-11,13,19H,3,5,12,14H2,(H,23,24);1H. The first-order valence-corrected chi connectivity index (χ1v) is 12.5. The summed E-state index contributed by atoms with van der Waals surface area (Å²) in [5.41, 5.74) is 2.54. The summed E-state index contributed by atoms with van der Waals surface area (Å²) in [5.74, 6) is -0.581. The van der Waals surface area contributed by atoms with E-state index in [2.05, 4.69) is 15.8 Å². The summed E-state index contributed by atoms with van der Waals surface area (Å²) in [4.78, 5) is 33.2. The molecule has 2 amide bonds. The fourth-order valence-electron chi connectivity index (χ4n) is 4.24. The van der Waals surface area contributed by atoms with E-state index in [1.165, 1.54) is 47.4 Å². The lowest BCUT2D eigenvalue weighted by atomic mass is 9.99. The van der Waals surface area contributed by atoms with Crippen LogP contribution in [0.3, 0.4) is 0 Å². The van der Waals surface area contributed by atoms with Gasteiger partial charge in [-0.1, -0.05) is 18.2 Å². The van der Waals surface area contributed by atoms with E-state index in [0.717, 1.165) is 23.4 Å². The highest BCUT2D eigenvalue weighted by Crippen LogP contribution is 2.34. The molecule has 1 fully saturated rings. The van der Waals surface area contributed by atoms with Gasteiger partial charge in [0.25, 0.3) is 15.9 Å². The zero-order valence-electron chi connectivity index (χ0n) is 17.0. The third kappa shape index (κ3) is 3.65. The summed E-state index contributed by atoms with van der Waals surface area (Å²) in [7, 11) is -3.81. The number of benzene rings is 2. The molecule has 8 nitrogen and oxygen atoms in total. The van der Waals surface area contributed by atoms with E-state index in [1.807, 2.05) is 23.1 Å². The Bertz CT molecular complexity index is 1280. The van der Waals surface area contributed by atoms with Crippen LogP contribution in [0.4, 0.5) is 16.5 Å². The summed E-state index contributed by atoms with van der Waals surface area (Å²) in [6, 6.07) is 13.1. The van der Waals surface area contributed by atoms with Gasteiger partial charge in [-0.05, 0) is 48.7 Å². The monoisotopic (exact) mass is 470 g/mol. The van der Waals surface area contributed by atoms with Crippen molar-refractivity contribution in [3.05, 3.63) is 65.7 Å². The number of anilines is 3. The van der Waals surface area contributed by atoms with E-state index in [-0.39, 0.29) is 29.7 Å². The lowest BCUT2D eigenvalue weighted by Crippen LogP contribution is -2.44. The smallest absolute Gasteiger partial charge is 0.263 e. The number of aromatic nitrogens is 1. The van der Waals surface area contributed by atoms with Gasteiger partial charge >= 0.3 is 0 Å². The van der Waals surface area contributed by atoms with Crippen LogP contribution in [0.15, 0.2) is 65.0 Å². The van der Waals surface area contributed by atoms with Crippen molar-refractivity contribution in [2.24, 2.45) is 0 Å². The Labute approximate surface area is 191 Å². The molecule has 3 heterocycles. The maximum absolute atomic E-state index is 13.2. The number of nitrogens with one attached hydrogen (secondary N) is 1. The molecule has 2 aliphatic rings. The molecule has 5 rings (SSSR count). The molecule has 3 aromatic rings. The number of amides is 2. The van der Waals surface area contributed by atoms with Crippen molar-refractivity contribution in [2.45, 2.75) is 30.2 Å². The van der Waals surface area contributed by atoms with Crippen LogP contribution in [-0.2, 0) is 26.0 Å². The predicted molar refractivity (Wildman–Crippen MR) is 124 cm³/mol. The fraction of sp³-hybridized carbons (Fsp3) is 0.227. The van der Waals surface area contributed by atoms with Crippen LogP contribution in [0, 0.1) is 0 Å². The number of para-hydroxylation sites is 1. The highest BCUT2D eigenvalue weighted by molar-refractivity contribution is 7.93. The quantitative estimate of drug-likeness (QED) is 0.575. The number of aryl methyl sites for hydroxylation is 1. The molecule has 10 heteroatoms. The van der Waals surface area contributed by atoms with Gasteiger partial charge in [0.05, 0.1) is 17.0 Å². The summed E-state index contributed by atoms with van der Waals surface area (Å²) in [5, 5.41) is 1.94. The zero-order chi connectivity index (χ0) is 22.3. The Balaban J connectivity index is 0.00000259. The normalized spacial score (nSPS) is 18.7. The van der Waals surface area contributed by atoms with Crippen LogP contribution < -0.4 is 14.5 Å². The molecular weight excluding hydrogens is 448 g/mol. The Morgan fingerprint density at radius 1 is 1.09 bits per heavy atom. The molecule has 32 heavy (non-hydrogen) atoms. The Morgan fingerprint density at radius 2 is 1.88 bits per heavy atom. The molecule has 0 saturated carbocycles. The van der Waals surface area contributed by atoms with E-state index in [1.54, 1.807) is 5.38 Å². The lowest BCUT2D eigenvalue weighted by molar-refractivity contribution is -0.121. The van der Waals surface area contributed by atoms with Crippen LogP contribution >= 0.6 is 11.3 Å². The van der Waals surface area contributed by atoms with Gasteiger partial charge in [0.1, 0.15) is 6.04 Å². The number of carbonyl (C=O) groups excluding carboxylic acids is 2. The molecule has 166 valence electrons. The molecule has 1 aromatic heterocycles. The Morgan fingerprint density at radius 3 is 2.62 bits per heavy atom. The molecule has 0 spiro atoms. The van der Waals surface area contributed by atoms with Crippen molar-refractivity contribution < 1.29 is 19.4 Å². The minimum Gasteiger partial charge on any atom is -0.359 e. The van der Waals surface area contributed by atoms with E-state index in [0.29, 0.717) is 12.2 Å². The van der Waals surface area contributed by atoms with Crippen molar-refractivity contribution in [3.63, 3.8) is 0 Å². The van der Waals surface area contributed by atoms with Crippen LogP contribution in [0.2, 0.25) is 0 Å². The molecule has 2 aromatic carbocycles. The first-order valence-electron chi connectivity index (χ1n) is 10.2. The Kier molecular flexibility index (Phi) is 5.18. The summed E-state index contributed by atoms with van der Waals surface area (Å²) < 4.78 is 27.5. The molecule has 0 bridgehead atoms. The third-order valence-corrected chi connectivity index (χ3v) is 7.88. The highest BCUT2D eigenvalue weighted by atomic mass is 32.2. The summed E-state index contributed by atoms with van der Waals surface area (Å²) >= 11 is 1.17. The van der Waals surface area contributed by atoms with Crippen molar-refractivity contribution in [3.8, 4) is 0 Å². The molecule has 1 saturated heterocycles. The number of hydrogen-bond donors (Lipinski definition) is 1. The largest absolute Gasteiger partial charge is 0.359 e. The van der Waals surface area contributed by atoms with Crippen LogP contribution in [0.25, 0.3) is 0 Å². The van der Waals surface area contributed by atoms with E-state index in [9.17, 15) is 18.0 Å². The van der Waals surface area contributed by atoms with Gasteiger partial charge in [0.2, 0.25) is 5.91 Å². The first-order chi connectivity index (χ1) is 15.4. The molecule has 1 atom stereocenters. The van der Waals surface area contributed by atoms with Gasteiger partial charge in [-0.25, -0.2) is 18.3 Å². The SMILES string of the molecule is O=C1CC(N2CCCc3ccccc32)C(=O)N1c1ccc(S(=O)(=O)Nc2nccs2)cc1.[HH]. The molecule has 0 radical (unpaired) electrons. The summed E-state index contributed by atoms with van der Waals surface area (Å²) in [6.45, 7) is 0.716. The number of carbonyl (C=O) groups is 2. The van der Waals surface area contributed by atoms with Gasteiger partial charge in [0.15, 0.2) is 5.13 Å². The van der Waals surface area contributed by atoms with Crippen molar-refractivity contribution in [1.29, 1.82) is 0 Å². The minimum atomic E-state index is -3.81. The minimum absolute atomic E-state index is 0. The average molecular weight is 471 g/mol. The second-order valence-corrected chi connectivity index (χ2v) is 10.2. The van der Waals surface area contributed by atoms with E-state index in [4.69, 9.17) is 0 Å². The topological polar surface area (TPSA) is 99.7 Å². The number of fused-ring (bicyclic) bond motifs is 1. The van der Waals surface area contributed by atoms with Gasteiger partial charge in [-0.2, -0.15) is 0 Å². The van der Waals surface area contributed by atoms with Gasteiger partial charge in [0, 0.05) is 25.2 Å². The number of rotatable bonds is 5. The van der Waals surface area contributed by atoms with E-state index >= 15 is 0 Å². The lowest BCUT2D eigenvalue weighted by Gasteiger charge is -2.34. The maximum Gasteiger partial charge on any atom is 0.263 e. The number of imide groups is 1. The first kappa shape index (κ1) is 20.7. The van der Waals surface area contributed by atoms with Crippen molar-refractivity contribution >= 4 is 49.7 Å². The molecule has 1 unspecified atom stereocenters. The molecule has 2 aliphatic heterocycles. The van der Waals surface area contributed by atoms with Crippen molar-refractivity contribution in [1.82, 2.24) is 4.98 Å². The molecule has 1 N–H and O–H groups in total. The second kappa shape index (κ2) is 8.03. The predicted octanol–water partition coefficient (Wildman–Crippen LogP) is 3.27. The number of sulfonamides is 1. The highest BCUT2D eigenvalue weighted by Gasteiger charge is 2.43. The average Bonchev–Trinajstić information content (AvgIpc) is 3.40. The van der Waals surface area contributed by atoms with Crippen LogP contribution in [-0.4, -0.2) is 37.8 Å². The second-order valence-electron chi connectivity index (χ2n) is 7.65. The summed E-state index contributed by atoms with van der Waals surface area (Å²) in [6.07, 6.45) is 3.48. The fourth-order valence-corrected chi connectivity index (χ4v) is 6.03. The van der Waals surface area contributed by atoms with Crippen LogP contribution in [0.1, 0.15) is 19.8 Å². The van der Waals surface area contributed by atoms with Crippen molar-refractivity contribution in [2.75, 3.05) is 21.1 Å². The Hall–Kier alpha value is -3.24. The number of nitrogens with zero attached hydrogens (tertiary/aromatic N) is 3. The number of hydrogen-bond acceptors (Lipinski definition) is 7. The van der Waals surface area contributed by atoms with E-state index < -0.39 is 16.1 Å².